The second-order valence-electron chi connectivity index (χ2n) is 6.15. The van der Waals surface area contributed by atoms with E-state index in [-0.39, 0.29) is 0 Å². The van der Waals surface area contributed by atoms with Gasteiger partial charge in [0.1, 0.15) is 0 Å². The molecular formula is C15H27N3. The van der Waals surface area contributed by atoms with Gasteiger partial charge in [-0.2, -0.15) is 0 Å². The van der Waals surface area contributed by atoms with Crippen molar-refractivity contribution in [1.82, 2.24) is 14.9 Å². The number of imidazole rings is 1. The highest BCUT2D eigenvalue weighted by Gasteiger charge is 2.18. The van der Waals surface area contributed by atoms with E-state index in [9.17, 15) is 0 Å². The first-order valence-electron chi connectivity index (χ1n) is 7.38. The Morgan fingerprint density at radius 2 is 2.28 bits per heavy atom. The molecule has 1 aromatic rings. The number of nitrogens with one attached hydrogen (secondary N) is 1. The van der Waals surface area contributed by atoms with Crippen molar-refractivity contribution < 1.29 is 0 Å². The monoisotopic (exact) mass is 249 g/mol. The van der Waals surface area contributed by atoms with Gasteiger partial charge < -0.3 is 9.88 Å². The summed E-state index contributed by atoms with van der Waals surface area (Å²) >= 11 is 0. The van der Waals surface area contributed by atoms with Crippen molar-refractivity contribution in [1.29, 1.82) is 0 Å². The van der Waals surface area contributed by atoms with Crippen molar-refractivity contribution in [3.05, 3.63) is 18.2 Å². The van der Waals surface area contributed by atoms with Gasteiger partial charge in [-0.3, -0.25) is 0 Å². The van der Waals surface area contributed by atoms with Crippen molar-refractivity contribution in [2.45, 2.75) is 59.0 Å². The molecule has 0 spiro atoms. The highest BCUT2D eigenvalue weighted by molar-refractivity contribution is 4.99. The third-order valence-electron chi connectivity index (χ3n) is 4.09. The molecule has 2 unspecified atom stereocenters. The maximum absolute atomic E-state index is 4.24. The lowest BCUT2D eigenvalue weighted by Crippen LogP contribution is -2.27. The minimum absolute atomic E-state index is 0.499. The van der Waals surface area contributed by atoms with E-state index < -0.39 is 0 Å². The van der Waals surface area contributed by atoms with Crippen molar-refractivity contribution in [2.24, 2.45) is 11.8 Å². The molecular weight excluding hydrogens is 222 g/mol. The number of rotatable bonds is 5. The predicted molar refractivity (Wildman–Crippen MR) is 75.4 cm³/mol. The maximum Gasteiger partial charge on any atom is 0.0951 e. The van der Waals surface area contributed by atoms with Crippen LogP contribution in [0.15, 0.2) is 12.5 Å². The Labute approximate surface area is 111 Å². The van der Waals surface area contributed by atoms with E-state index in [1.165, 1.54) is 31.4 Å². The predicted octanol–water partition coefficient (Wildman–Crippen LogP) is 3.38. The Bertz CT molecular complexity index is 356. The van der Waals surface area contributed by atoms with Crippen LogP contribution >= 0.6 is 0 Å². The Balaban J connectivity index is 1.76. The van der Waals surface area contributed by atoms with E-state index in [4.69, 9.17) is 0 Å². The highest BCUT2D eigenvalue weighted by atomic mass is 15.1. The average molecular weight is 249 g/mol. The van der Waals surface area contributed by atoms with E-state index in [1.807, 2.05) is 12.5 Å². The van der Waals surface area contributed by atoms with E-state index in [2.05, 4.69) is 35.6 Å². The second-order valence-corrected chi connectivity index (χ2v) is 6.15. The maximum atomic E-state index is 4.24. The molecule has 1 saturated carbocycles. The third-order valence-corrected chi connectivity index (χ3v) is 4.09. The van der Waals surface area contributed by atoms with Crippen LogP contribution in [0, 0.1) is 11.8 Å². The highest BCUT2D eigenvalue weighted by Crippen LogP contribution is 2.27. The van der Waals surface area contributed by atoms with E-state index >= 15 is 0 Å². The van der Waals surface area contributed by atoms with Crippen LogP contribution in [0.4, 0.5) is 0 Å². The van der Waals surface area contributed by atoms with Crippen molar-refractivity contribution in [2.75, 3.05) is 6.54 Å². The Morgan fingerprint density at radius 1 is 1.44 bits per heavy atom. The molecule has 2 rings (SSSR count). The molecule has 1 aromatic heterocycles. The van der Waals surface area contributed by atoms with Gasteiger partial charge in [-0.05, 0) is 45.1 Å². The molecule has 18 heavy (non-hydrogen) atoms. The van der Waals surface area contributed by atoms with Crippen LogP contribution in [-0.4, -0.2) is 16.1 Å². The summed E-state index contributed by atoms with van der Waals surface area (Å²) < 4.78 is 2.25. The van der Waals surface area contributed by atoms with Crippen molar-refractivity contribution in [3.63, 3.8) is 0 Å². The Hall–Kier alpha value is -0.830. The van der Waals surface area contributed by atoms with E-state index in [0.29, 0.717) is 6.04 Å². The summed E-state index contributed by atoms with van der Waals surface area (Å²) in [6, 6.07) is 0.499. The lowest BCUT2D eigenvalue weighted by Gasteiger charge is -2.27. The van der Waals surface area contributed by atoms with Gasteiger partial charge in [0.2, 0.25) is 0 Å². The van der Waals surface area contributed by atoms with Gasteiger partial charge in [0, 0.05) is 18.8 Å². The molecule has 102 valence electrons. The fourth-order valence-electron chi connectivity index (χ4n) is 3.08. The summed E-state index contributed by atoms with van der Waals surface area (Å²) in [5.41, 5.74) is 1.30. The second kappa shape index (κ2) is 6.37. The van der Waals surface area contributed by atoms with E-state index in [0.717, 1.165) is 24.9 Å². The van der Waals surface area contributed by atoms with Crippen LogP contribution in [0.5, 0.6) is 0 Å². The van der Waals surface area contributed by atoms with Crippen LogP contribution in [-0.2, 0) is 6.54 Å². The molecule has 1 aliphatic rings. The zero-order valence-corrected chi connectivity index (χ0v) is 12.0. The molecule has 0 radical (unpaired) electrons. The fraction of sp³-hybridized carbons (Fsp3) is 0.800. The van der Waals surface area contributed by atoms with Crippen LogP contribution < -0.4 is 5.32 Å². The molecule has 1 N–H and O–H groups in total. The van der Waals surface area contributed by atoms with Crippen LogP contribution in [0.25, 0.3) is 0 Å². The molecule has 3 nitrogen and oxygen atoms in total. The first-order valence-corrected chi connectivity index (χ1v) is 7.38. The molecule has 0 amide bonds. The van der Waals surface area contributed by atoms with Gasteiger partial charge in [-0.1, -0.05) is 19.8 Å². The minimum atomic E-state index is 0.499. The standard InChI is InChI=1S/C15H27N3/c1-12(2)18-11-17-10-15(18)9-16-8-14-6-4-5-13(3)7-14/h10-14,16H,4-9H2,1-3H3. The van der Waals surface area contributed by atoms with Gasteiger partial charge in [0.25, 0.3) is 0 Å². The molecule has 1 fully saturated rings. The minimum Gasteiger partial charge on any atom is -0.331 e. The lowest BCUT2D eigenvalue weighted by atomic mass is 9.82. The van der Waals surface area contributed by atoms with Crippen LogP contribution in [0.2, 0.25) is 0 Å². The summed E-state index contributed by atoms with van der Waals surface area (Å²) in [7, 11) is 0. The third kappa shape index (κ3) is 3.58. The first kappa shape index (κ1) is 13.6. The van der Waals surface area contributed by atoms with Gasteiger partial charge in [-0.25, -0.2) is 4.98 Å². The first-order chi connectivity index (χ1) is 8.66. The largest absolute Gasteiger partial charge is 0.331 e. The van der Waals surface area contributed by atoms with Crippen LogP contribution in [0.3, 0.4) is 0 Å². The van der Waals surface area contributed by atoms with Gasteiger partial charge in [0.05, 0.1) is 12.0 Å². The molecule has 1 heterocycles. The lowest BCUT2D eigenvalue weighted by molar-refractivity contribution is 0.273. The topological polar surface area (TPSA) is 29.9 Å². The normalized spacial score (nSPS) is 24.7. The molecule has 3 heteroatoms. The molecule has 2 atom stereocenters. The molecule has 0 bridgehead atoms. The molecule has 0 saturated heterocycles. The zero-order chi connectivity index (χ0) is 13.0. The van der Waals surface area contributed by atoms with Crippen LogP contribution in [0.1, 0.15) is 58.2 Å². The average Bonchev–Trinajstić information content (AvgIpc) is 2.77. The van der Waals surface area contributed by atoms with Crippen molar-refractivity contribution in [3.8, 4) is 0 Å². The smallest absolute Gasteiger partial charge is 0.0951 e. The van der Waals surface area contributed by atoms with Crippen molar-refractivity contribution >= 4 is 0 Å². The molecule has 0 aromatic carbocycles. The summed E-state index contributed by atoms with van der Waals surface area (Å²) in [6.45, 7) is 8.90. The molecule has 1 aliphatic carbocycles. The SMILES string of the molecule is CC1CCCC(CNCc2cncn2C(C)C)C1. The number of hydrogen-bond donors (Lipinski definition) is 1. The summed E-state index contributed by atoms with van der Waals surface area (Å²) in [6.07, 6.45) is 9.56. The Kier molecular flexibility index (Phi) is 4.81. The summed E-state index contributed by atoms with van der Waals surface area (Å²) in [4.78, 5) is 4.24. The Morgan fingerprint density at radius 3 is 3.00 bits per heavy atom. The fourth-order valence-corrected chi connectivity index (χ4v) is 3.08. The summed E-state index contributed by atoms with van der Waals surface area (Å²) in [5.74, 6) is 1.80. The van der Waals surface area contributed by atoms with Gasteiger partial charge >= 0.3 is 0 Å². The number of aromatic nitrogens is 2. The quantitative estimate of drug-likeness (QED) is 0.867. The van der Waals surface area contributed by atoms with Gasteiger partial charge in [0.15, 0.2) is 0 Å². The zero-order valence-electron chi connectivity index (χ0n) is 12.0. The number of nitrogens with zero attached hydrogens (tertiary/aromatic N) is 2. The van der Waals surface area contributed by atoms with Gasteiger partial charge in [-0.15, -0.1) is 0 Å². The molecule has 0 aliphatic heterocycles. The number of hydrogen-bond acceptors (Lipinski definition) is 2. The van der Waals surface area contributed by atoms with E-state index in [1.54, 1.807) is 0 Å². The summed E-state index contributed by atoms with van der Waals surface area (Å²) in [5, 5.41) is 3.61.